The summed E-state index contributed by atoms with van der Waals surface area (Å²) in [5, 5.41) is 23.7. The maximum Gasteiger partial charge on any atom is 0.225 e. The van der Waals surface area contributed by atoms with Gasteiger partial charge in [0.1, 0.15) is 5.83 Å². The van der Waals surface area contributed by atoms with Crippen molar-refractivity contribution < 1.29 is 28.9 Å². The van der Waals surface area contributed by atoms with Gasteiger partial charge in [0, 0.05) is 26.1 Å². The molecule has 1 fully saturated rings. The molecule has 1 saturated heterocycles. The van der Waals surface area contributed by atoms with E-state index in [2.05, 4.69) is 32.1 Å². The Morgan fingerprint density at radius 3 is 2.52 bits per heavy atom. The first-order chi connectivity index (χ1) is 19.3. The van der Waals surface area contributed by atoms with Gasteiger partial charge in [-0.25, -0.2) is 14.4 Å². The summed E-state index contributed by atoms with van der Waals surface area (Å²) in [6, 6.07) is -0.669. The predicted octanol–water partition coefficient (Wildman–Crippen LogP) is 3.21. The molecule has 222 valence electrons. The highest BCUT2D eigenvalue weighted by atomic mass is 35.5. The number of rotatable bonds is 18. The van der Waals surface area contributed by atoms with Crippen molar-refractivity contribution in [1.82, 2.24) is 20.6 Å². The Kier molecular flexibility index (Phi) is 15.9. The molecular formula is C28H41ClFN5O5. The first kappa shape index (κ1) is 33.2. The topological polar surface area (TPSA) is 137 Å². The Morgan fingerprint density at radius 1 is 1.18 bits per heavy atom. The normalized spacial score (nSPS) is 14.5. The highest BCUT2D eigenvalue weighted by Gasteiger charge is 2.20. The Bertz CT molecular complexity index is 980. The lowest BCUT2D eigenvalue weighted by molar-refractivity contribution is -0.122. The van der Waals surface area contributed by atoms with E-state index < -0.39 is 11.9 Å². The van der Waals surface area contributed by atoms with Crippen molar-refractivity contribution in [3.05, 3.63) is 53.8 Å². The summed E-state index contributed by atoms with van der Waals surface area (Å²) in [6.45, 7) is 5.35. The van der Waals surface area contributed by atoms with Crippen LogP contribution in [0.1, 0.15) is 51.4 Å². The van der Waals surface area contributed by atoms with Crippen LogP contribution in [0.5, 0.6) is 0 Å². The van der Waals surface area contributed by atoms with Crippen molar-refractivity contribution in [1.29, 1.82) is 0 Å². The molecule has 0 spiro atoms. The van der Waals surface area contributed by atoms with E-state index in [9.17, 15) is 14.0 Å². The van der Waals surface area contributed by atoms with Crippen LogP contribution in [0, 0.1) is 5.92 Å². The second-order valence-corrected chi connectivity index (χ2v) is 10.1. The van der Waals surface area contributed by atoms with Gasteiger partial charge in [-0.05, 0) is 56.1 Å². The minimum Gasteiger partial charge on any atom is -0.501 e. The van der Waals surface area contributed by atoms with Gasteiger partial charge < -0.3 is 30.5 Å². The number of unbranched alkanes of at least 4 members (excludes halogenated alkanes) is 1. The summed E-state index contributed by atoms with van der Waals surface area (Å²) in [5.74, 6) is 0.0239. The molecule has 1 aliphatic heterocycles. The first-order valence-electron chi connectivity index (χ1n) is 13.6. The molecule has 2 rings (SSSR count). The van der Waals surface area contributed by atoms with Gasteiger partial charge in [-0.15, -0.1) is 0 Å². The predicted molar refractivity (Wildman–Crippen MR) is 152 cm³/mol. The molecule has 1 aliphatic rings. The van der Waals surface area contributed by atoms with E-state index in [1.54, 1.807) is 18.5 Å². The fourth-order valence-electron chi connectivity index (χ4n) is 4.19. The number of carbonyl (C=O) groups is 2. The largest absolute Gasteiger partial charge is 0.501 e. The quantitative estimate of drug-likeness (QED) is 0.118. The molecule has 2 heterocycles. The fourth-order valence-corrected chi connectivity index (χ4v) is 4.29. The number of nitrogens with one attached hydrogen (secondary N) is 2. The number of carbonyl (C=O) groups excluding carboxylic acids is 2. The highest BCUT2D eigenvalue weighted by Crippen LogP contribution is 2.24. The highest BCUT2D eigenvalue weighted by molar-refractivity contribution is 6.30. The average molecular weight is 582 g/mol. The molecule has 0 aliphatic carbocycles. The number of ether oxygens (including phenoxy) is 1. The van der Waals surface area contributed by atoms with E-state index >= 15 is 0 Å². The maximum atomic E-state index is 13.8. The van der Waals surface area contributed by atoms with Gasteiger partial charge in [-0.3, -0.25) is 9.59 Å². The molecule has 1 aromatic heterocycles. The van der Waals surface area contributed by atoms with Crippen LogP contribution in [0.3, 0.4) is 0 Å². The number of aliphatic hydroxyl groups is 2. The zero-order valence-corrected chi connectivity index (χ0v) is 23.6. The van der Waals surface area contributed by atoms with Gasteiger partial charge >= 0.3 is 0 Å². The lowest BCUT2D eigenvalue weighted by atomic mass is 9.92. The third-order valence-corrected chi connectivity index (χ3v) is 6.70. The minimum atomic E-state index is -0.686. The molecule has 12 heteroatoms. The van der Waals surface area contributed by atoms with Gasteiger partial charge in [0.05, 0.1) is 56.0 Å². The third-order valence-electron chi connectivity index (χ3n) is 6.51. The van der Waals surface area contributed by atoms with E-state index in [4.69, 9.17) is 26.6 Å². The minimum absolute atomic E-state index is 0.158. The molecule has 0 radical (unpaired) electrons. The zero-order chi connectivity index (χ0) is 29.2. The molecule has 4 N–H and O–H groups in total. The van der Waals surface area contributed by atoms with Gasteiger partial charge in [-0.1, -0.05) is 24.3 Å². The number of aromatic nitrogens is 2. The van der Waals surface area contributed by atoms with E-state index in [0.29, 0.717) is 42.9 Å². The average Bonchev–Trinajstić information content (AvgIpc) is 2.95. The van der Waals surface area contributed by atoms with Crippen molar-refractivity contribution in [3.63, 3.8) is 0 Å². The number of anilines is 1. The monoisotopic (exact) mass is 581 g/mol. The molecule has 0 unspecified atom stereocenters. The maximum absolute atomic E-state index is 13.8. The van der Waals surface area contributed by atoms with Crippen LogP contribution in [0.15, 0.2) is 48.8 Å². The van der Waals surface area contributed by atoms with Crippen LogP contribution < -0.4 is 15.5 Å². The van der Waals surface area contributed by atoms with Gasteiger partial charge in [0.2, 0.25) is 17.8 Å². The second kappa shape index (κ2) is 19.1. The third kappa shape index (κ3) is 13.4. The number of aliphatic hydroxyl groups excluding tert-OH is 2. The Morgan fingerprint density at radius 2 is 1.88 bits per heavy atom. The van der Waals surface area contributed by atoms with Crippen molar-refractivity contribution in [2.45, 2.75) is 57.4 Å². The number of allylic oxidation sites excluding steroid dienone is 3. The van der Waals surface area contributed by atoms with E-state index in [0.717, 1.165) is 38.8 Å². The Labute approximate surface area is 240 Å². The lowest BCUT2D eigenvalue weighted by Gasteiger charge is -2.31. The summed E-state index contributed by atoms with van der Waals surface area (Å²) in [6.07, 6.45) is 13.0. The molecule has 10 nitrogen and oxygen atoms in total. The molecule has 1 aromatic rings. The van der Waals surface area contributed by atoms with Crippen molar-refractivity contribution in [2.75, 3.05) is 44.4 Å². The summed E-state index contributed by atoms with van der Waals surface area (Å²) in [4.78, 5) is 34.6. The number of nitrogens with zero attached hydrogens (tertiary/aromatic N) is 3. The summed E-state index contributed by atoms with van der Waals surface area (Å²) >= 11 is 5.86. The van der Waals surface area contributed by atoms with Gasteiger partial charge in [0.15, 0.2) is 0 Å². The number of amides is 2. The van der Waals surface area contributed by atoms with Crippen LogP contribution in [-0.4, -0.2) is 77.5 Å². The Balaban J connectivity index is 1.57. The lowest BCUT2D eigenvalue weighted by Crippen LogP contribution is -2.40. The zero-order valence-electron chi connectivity index (χ0n) is 22.9. The number of halogens is 2. The molecular weight excluding hydrogens is 541 g/mol. The van der Waals surface area contributed by atoms with Crippen LogP contribution >= 0.6 is 11.6 Å². The summed E-state index contributed by atoms with van der Waals surface area (Å²) in [5.41, 5.74) is 0.159. The number of hydrogen-bond donors (Lipinski definition) is 4. The molecule has 2 amide bonds. The SMILES string of the molecule is C=C(F)/C(=C\C=C\OCCCC1CCN(c2ncc(Cl)cn2)CC1)CC(=O)NCCCCC(=O)NC(CO)CO. The fraction of sp³-hybridized carbons (Fsp3) is 0.571. The number of piperidine rings is 1. The van der Waals surface area contributed by atoms with Crippen LogP contribution in [0.25, 0.3) is 0 Å². The van der Waals surface area contributed by atoms with Gasteiger partial charge in [0.25, 0.3) is 0 Å². The van der Waals surface area contributed by atoms with Crippen molar-refractivity contribution in [3.8, 4) is 0 Å². The van der Waals surface area contributed by atoms with E-state index in [-0.39, 0.29) is 43.4 Å². The molecule has 0 aromatic carbocycles. The molecule has 0 atom stereocenters. The van der Waals surface area contributed by atoms with E-state index in [1.807, 2.05) is 0 Å². The standard InChI is InChI=1S/C28H41ClFN5O5/c1-21(30)23(16-27(39)31-11-3-2-8-26(38)34-25(19-36)20-37)7-5-15-40-14-4-6-22-9-12-35(13-10-22)28-32-17-24(29)18-33-28/h5,7,15,17-18,22,25,36-37H,1-4,6,8-14,16,19-20H2,(H,31,39)(H,34,38)/b15-5+,23-7-. The van der Waals surface area contributed by atoms with Crippen LogP contribution in [0.4, 0.5) is 10.3 Å². The summed E-state index contributed by atoms with van der Waals surface area (Å²) < 4.78 is 19.3. The van der Waals surface area contributed by atoms with Crippen molar-refractivity contribution in [2.24, 2.45) is 5.92 Å². The van der Waals surface area contributed by atoms with Crippen LogP contribution in [0.2, 0.25) is 5.02 Å². The smallest absolute Gasteiger partial charge is 0.225 e. The molecule has 0 bridgehead atoms. The Hall–Kier alpha value is -3.02. The summed E-state index contributed by atoms with van der Waals surface area (Å²) in [7, 11) is 0. The first-order valence-corrected chi connectivity index (χ1v) is 14.0. The van der Waals surface area contributed by atoms with Gasteiger partial charge in [-0.2, -0.15) is 0 Å². The van der Waals surface area contributed by atoms with Crippen LogP contribution in [-0.2, 0) is 14.3 Å². The van der Waals surface area contributed by atoms with E-state index in [1.165, 1.54) is 12.3 Å². The molecule has 0 saturated carbocycles. The second-order valence-electron chi connectivity index (χ2n) is 9.68. The molecule has 40 heavy (non-hydrogen) atoms. The van der Waals surface area contributed by atoms with Crippen molar-refractivity contribution >= 4 is 29.4 Å². The number of hydrogen-bond acceptors (Lipinski definition) is 8.